The molecular weight excluding hydrogens is 426 g/mol. The summed E-state index contributed by atoms with van der Waals surface area (Å²) in [5, 5.41) is 13.3. The predicted octanol–water partition coefficient (Wildman–Crippen LogP) is 0.341. The van der Waals surface area contributed by atoms with Crippen LogP contribution in [0, 0.1) is 5.41 Å². The van der Waals surface area contributed by atoms with Crippen LogP contribution >= 0.6 is 0 Å². The number of para-hydroxylation sites is 1. The minimum atomic E-state index is -4.36. The van der Waals surface area contributed by atoms with Gasteiger partial charge in [-0.15, -0.1) is 0 Å². The Hall–Kier alpha value is -2.80. The van der Waals surface area contributed by atoms with E-state index in [0.717, 1.165) is 0 Å². The molecule has 1 saturated carbocycles. The summed E-state index contributed by atoms with van der Waals surface area (Å²) in [5.41, 5.74) is 19.2. The van der Waals surface area contributed by atoms with Gasteiger partial charge >= 0.3 is 0 Å². The zero-order chi connectivity index (χ0) is 21.8. The molecule has 10 nitrogen and oxygen atoms in total. The summed E-state index contributed by atoms with van der Waals surface area (Å²) >= 11 is 0. The van der Waals surface area contributed by atoms with Crippen molar-refractivity contribution in [1.82, 2.24) is 9.97 Å². The third-order valence-electron chi connectivity index (χ3n) is 5.15. The molecule has 1 aromatic heterocycles. The quantitative estimate of drug-likeness (QED) is 0.238. The normalized spacial score (nSPS) is 20.1. The topological polar surface area (TPSA) is 208 Å². The number of rotatable bonds is 5. The second kappa shape index (κ2) is 7.16. The molecular formula is C18H21N7O3S2. The maximum Gasteiger partial charge on any atom is 0.240 e. The van der Waals surface area contributed by atoms with Crippen LogP contribution in [-0.2, 0) is 20.8 Å². The summed E-state index contributed by atoms with van der Waals surface area (Å²) in [4.78, 5) is 6.77. The number of amidine groups is 1. The van der Waals surface area contributed by atoms with E-state index >= 15 is 0 Å². The van der Waals surface area contributed by atoms with Crippen molar-refractivity contribution < 1.29 is 12.6 Å². The van der Waals surface area contributed by atoms with E-state index in [0.29, 0.717) is 35.0 Å². The molecule has 0 bridgehead atoms. The maximum absolute atomic E-state index is 13.1. The van der Waals surface area contributed by atoms with Crippen LogP contribution in [0.4, 0.5) is 5.95 Å². The fourth-order valence-electron chi connectivity index (χ4n) is 3.73. The van der Waals surface area contributed by atoms with Crippen molar-refractivity contribution in [2.24, 2.45) is 16.6 Å². The summed E-state index contributed by atoms with van der Waals surface area (Å²) in [5.74, 6) is -0.328. The molecule has 30 heavy (non-hydrogen) atoms. The Balaban J connectivity index is 2.01. The number of hydrogen-bond acceptors (Lipinski definition) is 7. The molecule has 158 valence electrons. The minimum absolute atomic E-state index is 0.0251. The summed E-state index contributed by atoms with van der Waals surface area (Å²) in [6, 6.07) is 8.18. The average molecular weight is 448 g/mol. The lowest BCUT2D eigenvalue weighted by molar-refractivity contribution is 0.422. The van der Waals surface area contributed by atoms with E-state index in [1.54, 1.807) is 24.3 Å². The zero-order valence-electron chi connectivity index (χ0n) is 15.8. The average Bonchev–Trinajstić information content (AvgIpc) is 3.03. The number of H-pyrrole nitrogens is 1. The first-order valence-corrected chi connectivity index (χ1v) is 11.8. The third kappa shape index (κ3) is 3.37. The number of benzene rings is 2. The van der Waals surface area contributed by atoms with Crippen LogP contribution in [0.5, 0.6) is 0 Å². The van der Waals surface area contributed by atoms with Crippen molar-refractivity contribution in [2.45, 2.75) is 33.9 Å². The van der Waals surface area contributed by atoms with Crippen LogP contribution in [0.15, 0.2) is 40.1 Å². The fourth-order valence-corrected chi connectivity index (χ4v) is 6.86. The maximum atomic E-state index is 13.1. The van der Waals surface area contributed by atoms with Crippen LogP contribution in [0.3, 0.4) is 0 Å². The number of nitrogen functional groups attached to an aromatic ring is 2. The van der Waals surface area contributed by atoms with Gasteiger partial charge in [-0.05, 0) is 30.5 Å². The Morgan fingerprint density at radius 3 is 2.50 bits per heavy atom. The lowest BCUT2D eigenvalue weighted by atomic mass is 9.93. The van der Waals surface area contributed by atoms with E-state index in [1.807, 2.05) is 0 Å². The Morgan fingerprint density at radius 1 is 1.20 bits per heavy atom. The summed E-state index contributed by atoms with van der Waals surface area (Å²) in [6.45, 7) is 0. The standard InChI is InChI=1S/C18H21N7O3S2/c19-8-6-9(7-8)29(26)13-5-4-10(14(17(20)21)16(13)30(23,27)28)11-2-1-3-12-15(11)25-18(22)24-12/h1-5,8-9H,6-7,19H2,(H3,20,21)(H3,22,24,25)(H2,23,27,28). The molecule has 1 fully saturated rings. The molecule has 1 unspecified atom stereocenters. The van der Waals surface area contributed by atoms with Gasteiger partial charge in [-0.3, -0.25) is 9.62 Å². The van der Waals surface area contributed by atoms with E-state index in [9.17, 15) is 12.6 Å². The van der Waals surface area contributed by atoms with Gasteiger partial charge in [-0.25, -0.2) is 18.5 Å². The Bertz CT molecular complexity index is 1310. The molecule has 3 aromatic rings. The molecule has 10 N–H and O–H groups in total. The number of anilines is 1. The van der Waals surface area contributed by atoms with Crippen molar-refractivity contribution in [2.75, 3.05) is 5.73 Å². The SMILES string of the molecule is N=C(N)c1c(-c2cccc3[nH]c(N)nc23)ccc(S(=O)C2CC(N)C2)c1S(N)(=O)=O. The van der Waals surface area contributed by atoms with Crippen molar-refractivity contribution in [3.63, 3.8) is 0 Å². The number of nitrogens with two attached hydrogens (primary N) is 4. The Kier molecular flexibility index (Phi) is 4.89. The molecule has 0 radical (unpaired) electrons. The van der Waals surface area contributed by atoms with E-state index in [2.05, 4.69) is 9.97 Å². The van der Waals surface area contributed by atoms with E-state index in [1.165, 1.54) is 6.07 Å². The highest BCUT2D eigenvalue weighted by Gasteiger charge is 2.36. The number of nitrogens with one attached hydrogen (secondary N) is 2. The molecule has 1 heterocycles. The van der Waals surface area contributed by atoms with Gasteiger partial charge in [-0.2, -0.15) is 0 Å². The van der Waals surface area contributed by atoms with Gasteiger partial charge < -0.3 is 22.2 Å². The van der Waals surface area contributed by atoms with Crippen LogP contribution in [-0.4, -0.2) is 39.7 Å². The summed E-state index contributed by atoms with van der Waals surface area (Å²) in [6.07, 6.45) is 1.03. The van der Waals surface area contributed by atoms with E-state index in [4.69, 9.17) is 27.7 Å². The van der Waals surface area contributed by atoms with Gasteiger partial charge in [0.2, 0.25) is 10.0 Å². The molecule has 0 amide bonds. The van der Waals surface area contributed by atoms with E-state index < -0.39 is 31.6 Å². The highest BCUT2D eigenvalue weighted by molar-refractivity contribution is 7.91. The lowest BCUT2D eigenvalue weighted by Crippen LogP contribution is -2.42. The predicted molar refractivity (Wildman–Crippen MR) is 116 cm³/mol. The number of sulfonamides is 1. The number of aromatic nitrogens is 2. The summed E-state index contributed by atoms with van der Waals surface area (Å²) < 4.78 is 38.2. The number of hydrogen-bond donors (Lipinski definition) is 6. The monoisotopic (exact) mass is 447 g/mol. The molecule has 2 aromatic carbocycles. The highest BCUT2D eigenvalue weighted by Crippen LogP contribution is 2.38. The Morgan fingerprint density at radius 2 is 1.90 bits per heavy atom. The van der Waals surface area contributed by atoms with Crippen molar-refractivity contribution >= 4 is 43.6 Å². The molecule has 4 rings (SSSR count). The number of aromatic amines is 1. The second-order valence-electron chi connectivity index (χ2n) is 7.25. The smallest absolute Gasteiger partial charge is 0.240 e. The number of fused-ring (bicyclic) bond motifs is 1. The second-order valence-corrected chi connectivity index (χ2v) is 10.4. The first-order chi connectivity index (χ1) is 14.1. The van der Waals surface area contributed by atoms with Gasteiger partial charge in [0.05, 0.1) is 26.7 Å². The van der Waals surface area contributed by atoms with Gasteiger partial charge in [0.1, 0.15) is 10.7 Å². The van der Waals surface area contributed by atoms with Crippen molar-refractivity contribution in [1.29, 1.82) is 5.41 Å². The van der Waals surface area contributed by atoms with Crippen LogP contribution in [0.2, 0.25) is 0 Å². The lowest BCUT2D eigenvalue weighted by Gasteiger charge is -2.32. The van der Waals surface area contributed by atoms with Crippen molar-refractivity contribution in [3.8, 4) is 11.1 Å². The van der Waals surface area contributed by atoms with Gasteiger partial charge in [-0.1, -0.05) is 18.2 Å². The van der Waals surface area contributed by atoms with Gasteiger partial charge in [0.25, 0.3) is 0 Å². The van der Waals surface area contributed by atoms with Crippen LogP contribution in [0.25, 0.3) is 22.2 Å². The number of nitrogens with zero attached hydrogens (tertiary/aromatic N) is 1. The first-order valence-electron chi connectivity index (χ1n) is 9.03. The number of imidazole rings is 1. The molecule has 0 spiro atoms. The molecule has 1 aliphatic rings. The Labute approximate surface area is 175 Å². The van der Waals surface area contributed by atoms with Crippen LogP contribution < -0.4 is 22.3 Å². The van der Waals surface area contributed by atoms with Gasteiger partial charge in [0, 0.05) is 22.4 Å². The largest absolute Gasteiger partial charge is 0.384 e. The molecule has 12 heteroatoms. The third-order valence-corrected chi connectivity index (χ3v) is 8.03. The highest BCUT2D eigenvalue weighted by atomic mass is 32.2. The molecule has 0 aliphatic heterocycles. The van der Waals surface area contributed by atoms with Crippen molar-refractivity contribution in [3.05, 3.63) is 35.9 Å². The van der Waals surface area contributed by atoms with Crippen LogP contribution in [0.1, 0.15) is 18.4 Å². The zero-order valence-corrected chi connectivity index (χ0v) is 17.4. The molecule has 1 atom stereocenters. The number of primary sulfonamides is 1. The molecule has 0 saturated heterocycles. The molecule has 1 aliphatic carbocycles. The minimum Gasteiger partial charge on any atom is -0.384 e. The fraction of sp³-hybridized carbons (Fsp3) is 0.222. The van der Waals surface area contributed by atoms with Gasteiger partial charge in [0.15, 0.2) is 5.95 Å². The first kappa shape index (κ1) is 20.5. The summed E-state index contributed by atoms with van der Waals surface area (Å²) in [7, 11) is -6.03. The van der Waals surface area contributed by atoms with E-state index in [-0.39, 0.29) is 27.7 Å².